The summed E-state index contributed by atoms with van der Waals surface area (Å²) in [6.07, 6.45) is 1.75. The van der Waals surface area contributed by atoms with Crippen LogP contribution in [0.4, 0.5) is 0 Å². The van der Waals surface area contributed by atoms with Gasteiger partial charge in [0.25, 0.3) is 0 Å². The molecule has 0 saturated carbocycles. The van der Waals surface area contributed by atoms with E-state index in [1.54, 1.807) is 6.08 Å². The van der Waals surface area contributed by atoms with Crippen molar-refractivity contribution in [3.63, 3.8) is 0 Å². The molecule has 8 heavy (non-hydrogen) atoms. The van der Waals surface area contributed by atoms with E-state index in [2.05, 4.69) is 6.58 Å². The minimum Gasteiger partial charge on any atom is -0.822 e. The van der Waals surface area contributed by atoms with E-state index in [1.807, 2.05) is 6.92 Å². The molecule has 0 aliphatic rings. The van der Waals surface area contributed by atoms with Crippen molar-refractivity contribution in [2.75, 3.05) is 0 Å². The van der Waals surface area contributed by atoms with Gasteiger partial charge in [0.05, 0.1) is 0 Å². The Morgan fingerprint density at radius 2 is 1.50 bits per heavy atom. The second-order valence-corrected chi connectivity index (χ2v) is 1.75. The average Bonchev–Trinajstić information content (AvgIpc) is 1.27. The highest BCUT2D eigenvalue weighted by atomic mass is 31.2. The molecule has 0 fully saturated rings. The predicted octanol–water partition coefficient (Wildman–Crippen LogP) is -1.63. The number of hydrogen-bond donors (Lipinski definition) is 0. The minimum absolute atomic E-state index is 1.75. The van der Waals surface area contributed by atoms with Gasteiger partial charge in [-0.3, -0.25) is 0 Å². The van der Waals surface area contributed by atoms with Crippen LogP contribution in [0.2, 0.25) is 0 Å². The quantitative estimate of drug-likeness (QED) is 0.296. The Labute approximate surface area is 47.7 Å². The molecule has 0 radical (unpaired) electrons. The summed E-state index contributed by atoms with van der Waals surface area (Å²) in [5.74, 6) is 0. The van der Waals surface area contributed by atoms with Crippen LogP contribution < -0.4 is 14.7 Å². The van der Waals surface area contributed by atoms with E-state index in [-0.39, 0.29) is 0 Å². The highest BCUT2D eigenvalue weighted by Crippen LogP contribution is 2.03. The fourth-order valence-corrected chi connectivity index (χ4v) is 0. The van der Waals surface area contributed by atoms with Crippen molar-refractivity contribution in [2.45, 2.75) is 6.92 Å². The van der Waals surface area contributed by atoms with E-state index in [4.69, 9.17) is 19.2 Å². The first-order valence-corrected chi connectivity index (χ1v) is 3.18. The molecule has 0 aliphatic carbocycles. The van der Waals surface area contributed by atoms with Crippen molar-refractivity contribution < 1.29 is 19.2 Å². The standard InChI is InChI=1S/C3H6.H3O4P/c1-3-2;1-5(2,3)4/h3H,1H2,2H3;(H3,1,2,3,4)/p-3. The van der Waals surface area contributed by atoms with Crippen LogP contribution in [0.3, 0.4) is 0 Å². The van der Waals surface area contributed by atoms with Crippen molar-refractivity contribution in [3.8, 4) is 0 Å². The van der Waals surface area contributed by atoms with E-state index in [9.17, 15) is 0 Å². The Kier molecular flexibility index (Phi) is 6.72. The molecule has 0 rings (SSSR count). The fourth-order valence-electron chi connectivity index (χ4n) is 0. The lowest BCUT2D eigenvalue weighted by molar-refractivity contribution is -0.432. The number of phosphoric acid groups is 1. The summed E-state index contributed by atoms with van der Waals surface area (Å²) in [4.78, 5) is 25.6. The molecule has 0 aromatic carbocycles. The topological polar surface area (TPSA) is 86.2 Å². The lowest BCUT2D eigenvalue weighted by Gasteiger charge is -2.36. The molecular formula is C3H6O4P-3. The van der Waals surface area contributed by atoms with Gasteiger partial charge in [0.2, 0.25) is 0 Å². The molecule has 0 aliphatic heterocycles. The van der Waals surface area contributed by atoms with Gasteiger partial charge in [-0.15, -0.1) is 6.58 Å². The van der Waals surface area contributed by atoms with E-state index in [1.165, 1.54) is 0 Å². The molecule has 0 aromatic rings. The molecule has 0 aromatic heterocycles. The molecule has 0 bridgehead atoms. The van der Waals surface area contributed by atoms with Crippen LogP contribution in [0.25, 0.3) is 0 Å². The van der Waals surface area contributed by atoms with Gasteiger partial charge in [0.15, 0.2) is 0 Å². The molecule has 0 heterocycles. The largest absolute Gasteiger partial charge is 0.822 e. The van der Waals surface area contributed by atoms with E-state index < -0.39 is 7.82 Å². The van der Waals surface area contributed by atoms with Crippen LogP contribution in [-0.2, 0) is 4.57 Å². The SMILES string of the molecule is C=CC.O=P([O-])([O-])[O-]. The highest BCUT2D eigenvalue weighted by Gasteiger charge is 1.44. The van der Waals surface area contributed by atoms with Crippen LogP contribution in [0.1, 0.15) is 6.92 Å². The first kappa shape index (κ1) is 10.8. The van der Waals surface area contributed by atoms with Crippen molar-refractivity contribution in [3.05, 3.63) is 12.7 Å². The van der Waals surface area contributed by atoms with Crippen molar-refractivity contribution in [2.24, 2.45) is 0 Å². The minimum atomic E-state index is -5.39. The first-order valence-electron chi connectivity index (χ1n) is 1.72. The molecule has 4 nitrogen and oxygen atoms in total. The number of hydrogen-bond acceptors (Lipinski definition) is 4. The molecule has 0 amide bonds. The summed E-state index contributed by atoms with van der Waals surface area (Å²) in [5.41, 5.74) is 0. The second-order valence-electron chi connectivity index (χ2n) is 0.855. The van der Waals surface area contributed by atoms with Crippen LogP contribution >= 0.6 is 7.82 Å². The van der Waals surface area contributed by atoms with Crippen molar-refractivity contribution in [1.29, 1.82) is 0 Å². The van der Waals surface area contributed by atoms with Gasteiger partial charge >= 0.3 is 0 Å². The molecular weight excluding hydrogens is 131 g/mol. The van der Waals surface area contributed by atoms with Crippen molar-refractivity contribution in [1.82, 2.24) is 0 Å². The molecule has 5 heteroatoms. The molecule has 50 valence electrons. The van der Waals surface area contributed by atoms with Gasteiger partial charge in [0, 0.05) is 0 Å². The summed E-state index contributed by atoms with van der Waals surface area (Å²) >= 11 is 0. The van der Waals surface area contributed by atoms with Gasteiger partial charge in [0.1, 0.15) is 0 Å². The second kappa shape index (κ2) is 5.00. The summed E-state index contributed by atoms with van der Waals surface area (Å²) in [7, 11) is -5.39. The van der Waals surface area contributed by atoms with Crippen LogP contribution in [-0.4, -0.2) is 0 Å². The Balaban J connectivity index is 0. The number of rotatable bonds is 0. The Morgan fingerprint density at radius 3 is 1.50 bits per heavy atom. The maximum atomic E-state index is 8.55. The van der Waals surface area contributed by atoms with E-state index >= 15 is 0 Å². The zero-order chi connectivity index (χ0) is 7.21. The Morgan fingerprint density at radius 1 is 1.50 bits per heavy atom. The predicted molar refractivity (Wildman–Crippen MR) is 23.5 cm³/mol. The van der Waals surface area contributed by atoms with E-state index in [0.29, 0.717) is 0 Å². The fraction of sp³-hybridized carbons (Fsp3) is 0.333. The number of allylic oxidation sites excluding steroid dienone is 1. The van der Waals surface area contributed by atoms with Gasteiger partial charge in [-0.05, 0) is 6.92 Å². The third kappa shape index (κ3) is 6120. The zero-order valence-corrected chi connectivity index (χ0v) is 5.26. The van der Waals surface area contributed by atoms with Crippen molar-refractivity contribution >= 4 is 7.82 Å². The maximum Gasteiger partial charge on any atom is -0.0473 e. The van der Waals surface area contributed by atoms with Crippen LogP contribution in [0, 0.1) is 0 Å². The van der Waals surface area contributed by atoms with Gasteiger partial charge < -0.3 is 19.2 Å². The van der Waals surface area contributed by atoms with Gasteiger partial charge in [-0.1, -0.05) is 6.08 Å². The Bertz CT molecular complexity index is 85.2. The molecule has 0 N–H and O–H groups in total. The lowest BCUT2D eigenvalue weighted by Crippen LogP contribution is -2.24. The molecule has 0 atom stereocenters. The average molecular weight is 137 g/mol. The third-order valence-electron chi connectivity index (χ3n) is 0. The Hall–Kier alpha value is -0.150. The molecule has 0 unspecified atom stereocenters. The summed E-state index contributed by atoms with van der Waals surface area (Å²) in [6, 6.07) is 0. The highest BCUT2D eigenvalue weighted by molar-refractivity contribution is 7.40. The summed E-state index contributed by atoms with van der Waals surface area (Å²) in [5, 5.41) is 0. The van der Waals surface area contributed by atoms with Crippen LogP contribution in [0.15, 0.2) is 12.7 Å². The smallest absolute Gasteiger partial charge is 0.0473 e. The molecule has 0 spiro atoms. The van der Waals surface area contributed by atoms with Gasteiger partial charge in [-0.25, -0.2) is 0 Å². The normalized spacial score (nSPS) is 9.00. The van der Waals surface area contributed by atoms with Gasteiger partial charge in [-0.2, -0.15) is 7.82 Å². The maximum absolute atomic E-state index is 8.55. The third-order valence-corrected chi connectivity index (χ3v) is 0. The zero-order valence-electron chi connectivity index (χ0n) is 4.36. The van der Waals surface area contributed by atoms with E-state index in [0.717, 1.165) is 0 Å². The lowest BCUT2D eigenvalue weighted by atomic mass is 10.8. The molecule has 0 saturated heterocycles. The summed E-state index contributed by atoms with van der Waals surface area (Å²) < 4.78 is 8.55. The van der Waals surface area contributed by atoms with Crippen LogP contribution in [0.5, 0.6) is 0 Å². The monoisotopic (exact) mass is 137 g/mol. The first-order chi connectivity index (χ1) is 3.41. The summed E-state index contributed by atoms with van der Waals surface area (Å²) in [6.45, 7) is 5.25.